The molecule has 152 valence electrons. The molecule has 1 amide bonds. The quantitative estimate of drug-likeness (QED) is 0.772. The van der Waals surface area contributed by atoms with Crippen molar-refractivity contribution >= 4 is 28.2 Å². The fourth-order valence-corrected chi connectivity index (χ4v) is 4.29. The number of amides is 1. The summed E-state index contributed by atoms with van der Waals surface area (Å²) < 4.78 is 41.6. The summed E-state index contributed by atoms with van der Waals surface area (Å²) in [5.41, 5.74) is 0.623. The van der Waals surface area contributed by atoms with Crippen molar-refractivity contribution in [2.45, 2.75) is 63.7 Å². The van der Waals surface area contributed by atoms with Gasteiger partial charge in [-0.15, -0.1) is 11.3 Å². The van der Waals surface area contributed by atoms with Crippen LogP contribution in [-0.4, -0.2) is 32.9 Å². The van der Waals surface area contributed by atoms with Gasteiger partial charge in [-0.2, -0.15) is 18.3 Å². The Balaban J connectivity index is 1.56. The SMILES string of the molecule is CC(C)(C)c1csc(NC(=O)c2cc3n(n2)C(C(F)(F)F)CC(C2CC2)N3)n1. The van der Waals surface area contributed by atoms with Gasteiger partial charge in [0.25, 0.3) is 5.91 Å². The van der Waals surface area contributed by atoms with Crippen molar-refractivity contribution in [1.82, 2.24) is 14.8 Å². The second-order valence-corrected chi connectivity index (χ2v) is 9.34. The van der Waals surface area contributed by atoms with E-state index in [1.54, 1.807) is 0 Å². The molecule has 0 spiro atoms. The fourth-order valence-electron chi connectivity index (χ4n) is 3.36. The second kappa shape index (κ2) is 6.47. The molecule has 1 aliphatic carbocycles. The zero-order valence-corrected chi connectivity index (χ0v) is 16.6. The largest absolute Gasteiger partial charge is 0.410 e. The summed E-state index contributed by atoms with van der Waals surface area (Å²) in [6.07, 6.45) is -2.61. The van der Waals surface area contributed by atoms with Crippen LogP contribution >= 0.6 is 11.3 Å². The zero-order chi connectivity index (χ0) is 20.3. The Kier molecular flexibility index (Phi) is 4.44. The van der Waals surface area contributed by atoms with Crippen LogP contribution in [0.2, 0.25) is 0 Å². The normalized spacial score (nSPS) is 22.5. The summed E-state index contributed by atoms with van der Waals surface area (Å²) >= 11 is 1.28. The molecule has 2 atom stereocenters. The maximum Gasteiger partial charge on any atom is 0.410 e. The lowest BCUT2D eigenvalue weighted by Crippen LogP contribution is -2.40. The fraction of sp³-hybridized carbons (Fsp3) is 0.611. The Hall–Kier alpha value is -2.10. The summed E-state index contributed by atoms with van der Waals surface area (Å²) in [4.78, 5) is 16.9. The number of fused-ring (bicyclic) bond motifs is 1. The van der Waals surface area contributed by atoms with E-state index in [1.165, 1.54) is 17.4 Å². The molecule has 0 bridgehead atoms. The highest BCUT2D eigenvalue weighted by molar-refractivity contribution is 7.14. The molecule has 28 heavy (non-hydrogen) atoms. The van der Waals surface area contributed by atoms with Crippen molar-refractivity contribution in [3.8, 4) is 0 Å². The standard InChI is InChI=1S/C18H22F3N5OS/c1-17(2,3)12-8-28-16(23-12)24-15(27)11-7-14-22-10(9-4-5-9)6-13(18(19,20)21)26(14)25-11/h7-10,13,22H,4-6H2,1-3H3,(H,23,24,27). The van der Waals surface area contributed by atoms with Crippen molar-refractivity contribution < 1.29 is 18.0 Å². The molecule has 2 aromatic heterocycles. The van der Waals surface area contributed by atoms with Crippen LogP contribution in [0.1, 0.15) is 62.3 Å². The van der Waals surface area contributed by atoms with Crippen LogP contribution < -0.4 is 10.6 Å². The van der Waals surface area contributed by atoms with Gasteiger partial charge >= 0.3 is 6.18 Å². The average Bonchev–Trinajstić information content (AvgIpc) is 3.15. The molecule has 10 heteroatoms. The molecule has 6 nitrogen and oxygen atoms in total. The molecule has 2 aromatic rings. The molecule has 0 aromatic carbocycles. The number of halogens is 3. The lowest BCUT2D eigenvalue weighted by atomic mass is 9.93. The lowest BCUT2D eigenvalue weighted by molar-refractivity contribution is -0.174. The Labute approximate surface area is 164 Å². The molecule has 1 aliphatic heterocycles. The Morgan fingerprint density at radius 3 is 2.61 bits per heavy atom. The Bertz CT molecular complexity index is 894. The molecule has 2 N–H and O–H groups in total. The van der Waals surface area contributed by atoms with Gasteiger partial charge in [-0.3, -0.25) is 10.1 Å². The molecular formula is C18H22F3N5OS. The Morgan fingerprint density at radius 2 is 2.04 bits per heavy atom. The van der Waals surface area contributed by atoms with E-state index in [9.17, 15) is 18.0 Å². The Morgan fingerprint density at radius 1 is 1.32 bits per heavy atom. The van der Waals surface area contributed by atoms with Gasteiger partial charge in [0.15, 0.2) is 16.9 Å². The van der Waals surface area contributed by atoms with Gasteiger partial charge in [-0.25, -0.2) is 9.67 Å². The maximum atomic E-state index is 13.6. The first-order valence-corrected chi connectivity index (χ1v) is 10.1. The molecule has 2 aliphatic rings. The van der Waals surface area contributed by atoms with E-state index in [4.69, 9.17) is 0 Å². The highest BCUT2D eigenvalue weighted by Crippen LogP contribution is 2.45. The van der Waals surface area contributed by atoms with Gasteiger partial charge < -0.3 is 5.32 Å². The number of anilines is 2. The van der Waals surface area contributed by atoms with Gasteiger partial charge in [0.05, 0.1) is 5.69 Å². The maximum absolute atomic E-state index is 13.6. The number of carbonyl (C=O) groups excluding carboxylic acids is 1. The summed E-state index contributed by atoms with van der Waals surface area (Å²) in [5, 5.41) is 12.0. The number of carbonyl (C=O) groups is 1. The van der Waals surface area contributed by atoms with Crippen molar-refractivity contribution in [1.29, 1.82) is 0 Å². The van der Waals surface area contributed by atoms with Crippen LogP contribution in [0.15, 0.2) is 11.4 Å². The van der Waals surface area contributed by atoms with Crippen LogP contribution in [0.3, 0.4) is 0 Å². The average molecular weight is 413 g/mol. The van der Waals surface area contributed by atoms with E-state index in [2.05, 4.69) is 20.7 Å². The summed E-state index contributed by atoms with van der Waals surface area (Å²) in [6.45, 7) is 6.03. The molecule has 0 radical (unpaired) electrons. The highest BCUT2D eigenvalue weighted by Gasteiger charge is 2.49. The molecule has 3 heterocycles. The van der Waals surface area contributed by atoms with Gasteiger partial charge in [-0.1, -0.05) is 20.8 Å². The first-order chi connectivity index (χ1) is 13.0. The molecule has 4 rings (SSSR count). The van der Waals surface area contributed by atoms with Gasteiger partial charge in [0.2, 0.25) is 0 Å². The lowest BCUT2D eigenvalue weighted by Gasteiger charge is -2.33. The number of hydrogen-bond acceptors (Lipinski definition) is 5. The van der Waals surface area contributed by atoms with Crippen molar-refractivity contribution in [3.63, 3.8) is 0 Å². The minimum atomic E-state index is -4.42. The van der Waals surface area contributed by atoms with Crippen LogP contribution in [0.5, 0.6) is 0 Å². The molecule has 1 saturated carbocycles. The number of aromatic nitrogens is 3. The molecular weight excluding hydrogens is 391 g/mol. The van der Waals surface area contributed by atoms with E-state index in [1.807, 2.05) is 26.2 Å². The van der Waals surface area contributed by atoms with Crippen molar-refractivity contribution in [2.75, 3.05) is 10.6 Å². The number of alkyl halides is 3. The third kappa shape index (κ3) is 3.74. The van der Waals surface area contributed by atoms with Crippen LogP contribution in [0.4, 0.5) is 24.1 Å². The third-order valence-corrected chi connectivity index (χ3v) is 5.89. The van der Waals surface area contributed by atoms with Gasteiger partial charge in [0.1, 0.15) is 5.82 Å². The number of nitrogens with zero attached hydrogens (tertiary/aromatic N) is 3. The third-order valence-electron chi connectivity index (χ3n) is 5.14. The second-order valence-electron chi connectivity index (χ2n) is 8.48. The van der Waals surface area contributed by atoms with E-state index in [-0.39, 0.29) is 35.3 Å². The van der Waals surface area contributed by atoms with E-state index in [0.717, 1.165) is 23.2 Å². The monoisotopic (exact) mass is 413 g/mol. The highest BCUT2D eigenvalue weighted by atomic mass is 32.1. The first kappa shape index (κ1) is 19.2. The van der Waals surface area contributed by atoms with E-state index in [0.29, 0.717) is 5.13 Å². The number of hydrogen-bond donors (Lipinski definition) is 2. The smallest absolute Gasteiger partial charge is 0.367 e. The predicted octanol–water partition coefficient (Wildman–Crippen LogP) is 4.59. The minimum absolute atomic E-state index is 0.0549. The van der Waals surface area contributed by atoms with Gasteiger partial charge in [0, 0.05) is 22.9 Å². The van der Waals surface area contributed by atoms with Crippen molar-refractivity contribution in [2.24, 2.45) is 5.92 Å². The summed E-state index contributed by atoms with van der Waals surface area (Å²) in [7, 11) is 0. The summed E-state index contributed by atoms with van der Waals surface area (Å²) in [6, 6.07) is -0.566. The predicted molar refractivity (Wildman–Crippen MR) is 101 cm³/mol. The first-order valence-electron chi connectivity index (χ1n) is 9.22. The number of thiazole rings is 1. The minimum Gasteiger partial charge on any atom is -0.367 e. The van der Waals surface area contributed by atoms with E-state index >= 15 is 0 Å². The summed E-state index contributed by atoms with van der Waals surface area (Å²) in [5.74, 6) is -0.0653. The van der Waals surface area contributed by atoms with Crippen molar-refractivity contribution in [3.05, 3.63) is 22.8 Å². The van der Waals surface area contributed by atoms with Crippen LogP contribution in [-0.2, 0) is 5.41 Å². The van der Waals surface area contributed by atoms with Gasteiger partial charge in [-0.05, 0) is 25.2 Å². The molecule has 1 fully saturated rings. The molecule has 2 unspecified atom stereocenters. The van der Waals surface area contributed by atoms with Crippen LogP contribution in [0.25, 0.3) is 0 Å². The topological polar surface area (TPSA) is 71.8 Å². The molecule has 0 saturated heterocycles. The number of nitrogens with one attached hydrogen (secondary N) is 2. The van der Waals surface area contributed by atoms with E-state index < -0.39 is 18.1 Å². The number of rotatable bonds is 3. The zero-order valence-electron chi connectivity index (χ0n) is 15.8. The van der Waals surface area contributed by atoms with Crippen LogP contribution in [0, 0.1) is 5.92 Å².